The lowest BCUT2D eigenvalue weighted by atomic mass is 10.0. The van der Waals surface area contributed by atoms with Gasteiger partial charge in [-0.2, -0.15) is 0 Å². The fourth-order valence-corrected chi connectivity index (χ4v) is 1.86. The first-order valence-electron chi connectivity index (χ1n) is 5.09. The van der Waals surface area contributed by atoms with Crippen molar-refractivity contribution in [1.29, 1.82) is 0 Å². The molecule has 0 fully saturated rings. The molecule has 0 radical (unpaired) electrons. The van der Waals surface area contributed by atoms with Crippen LogP contribution >= 0.6 is 11.6 Å². The summed E-state index contributed by atoms with van der Waals surface area (Å²) in [5, 5.41) is 9.49. The van der Waals surface area contributed by atoms with Gasteiger partial charge in [0.25, 0.3) is 0 Å². The summed E-state index contributed by atoms with van der Waals surface area (Å²) in [5.41, 5.74) is 2.74. The average Bonchev–Trinajstić information content (AvgIpc) is 2.72. The Balaban J connectivity index is 2.52. The highest BCUT2D eigenvalue weighted by atomic mass is 35.5. The molecule has 17 heavy (non-hydrogen) atoms. The van der Waals surface area contributed by atoms with Crippen LogP contribution in [-0.4, -0.2) is 11.1 Å². The number of benzene rings is 1. The van der Waals surface area contributed by atoms with Gasteiger partial charge in [-0.15, -0.1) is 0 Å². The van der Waals surface area contributed by atoms with E-state index < -0.39 is 5.97 Å². The maximum Gasteiger partial charge on any atom is 0.371 e. The van der Waals surface area contributed by atoms with Crippen LogP contribution in [0.3, 0.4) is 0 Å². The van der Waals surface area contributed by atoms with Crippen LogP contribution in [0.1, 0.15) is 21.7 Å². The lowest BCUT2D eigenvalue weighted by molar-refractivity contribution is 0.0663. The smallest absolute Gasteiger partial charge is 0.371 e. The number of hydrogen-bond donors (Lipinski definition) is 1. The minimum atomic E-state index is -1.07. The van der Waals surface area contributed by atoms with Crippen LogP contribution in [0.4, 0.5) is 0 Å². The second-order valence-corrected chi connectivity index (χ2v) is 4.29. The van der Waals surface area contributed by atoms with Gasteiger partial charge in [-0.3, -0.25) is 0 Å². The van der Waals surface area contributed by atoms with Crippen molar-refractivity contribution < 1.29 is 14.3 Å². The Kier molecular flexibility index (Phi) is 2.94. The predicted octanol–water partition coefficient (Wildman–Crippen LogP) is 3.92. The number of carboxylic acid groups (broad SMARTS) is 1. The van der Waals surface area contributed by atoms with Gasteiger partial charge in [0.15, 0.2) is 0 Å². The van der Waals surface area contributed by atoms with Gasteiger partial charge in [0.2, 0.25) is 5.76 Å². The maximum atomic E-state index is 10.7. The number of aryl methyl sites for hydroxylation is 2. The van der Waals surface area contributed by atoms with E-state index in [0.29, 0.717) is 10.8 Å². The van der Waals surface area contributed by atoms with Crippen molar-refractivity contribution in [3.8, 4) is 11.3 Å². The molecule has 0 saturated carbocycles. The van der Waals surface area contributed by atoms with Crippen molar-refractivity contribution in [2.24, 2.45) is 0 Å². The zero-order valence-corrected chi connectivity index (χ0v) is 10.2. The van der Waals surface area contributed by atoms with E-state index in [2.05, 4.69) is 0 Å². The van der Waals surface area contributed by atoms with E-state index in [-0.39, 0.29) is 5.76 Å². The molecular weight excluding hydrogens is 240 g/mol. The highest BCUT2D eigenvalue weighted by molar-refractivity contribution is 6.31. The van der Waals surface area contributed by atoms with Gasteiger partial charge in [-0.1, -0.05) is 11.6 Å². The van der Waals surface area contributed by atoms with E-state index in [1.54, 1.807) is 6.07 Å². The lowest BCUT2D eigenvalue weighted by Gasteiger charge is -2.06. The van der Waals surface area contributed by atoms with Crippen molar-refractivity contribution in [3.63, 3.8) is 0 Å². The minimum absolute atomic E-state index is 0.0630. The Hall–Kier alpha value is -1.74. The van der Waals surface area contributed by atoms with E-state index >= 15 is 0 Å². The standard InChI is InChI=1S/C13H11ClO3/c1-7-6-10(14)8(2)5-9(7)11-3-4-12(17-11)13(15)16/h3-6H,1-2H3,(H,15,16). The number of carbonyl (C=O) groups is 1. The molecule has 0 amide bonds. The normalized spacial score (nSPS) is 10.5. The highest BCUT2D eigenvalue weighted by Crippen LogP contribution is 2.30. The van der Waals surface area contributed by atoms with Crippen molar-refractivity contribution in [3.05, 3.63) is 46.2 Å². The molecule has 0 unspecified atom stereocenters. The molecule has 0 spiro atoms. The third-order valence-electron chi connectivity index (χ3n) is 2.59. The van der Waals surface area contributed by atoms with Gasteiger partial charge >= 0.3 is 5.97 Å². The van der Waals surface area contributed by atoms with Crippen molar-refractivity contribution >= 4 is 17.6 Å². The number of halogens is 1. The Labute approximate surface area is 104 Å². The van der Waals surface area contributed by atoms with Gasteiger partial charge in [0, 0.05) is 10.6 Å². The first-order chi connectivity index (χ1) is 7.99. The fourth-order valence-electron chi connectivity index (χ4n) is 1.64. The largest absolute Gasteiger partial charge is 0.475 e. The monoisotopic (exact) mass is 250 g/mol. The molecular formula is C13H11ClO3. The second kappa shape index (κ2) is 4.26. The molecule has 1 aromatic carbocycles. The summed E-state index contributed by atoms with van der Waals surface area (Å²) in [6.07, 6.45) is 0. The Morgan fingerprint density at radius 1 is 1.24 bits per heavy atom. The molecule has 1 heterocycles. The van der Waals surface area contributed by atoms with E-state index in [1.165, 1.54) is 6.07 Å². The summed E-state index contributed by atoms with van der Waals surface area (Å²) >= 11 is 6.00. The first kappa shape index (κ1) is 11.7. The van der Waals surface area contributed by atoms with E-state index in [1.807, 2.05) is 26.0 Å². The molecule has 1 aromatic heterocycles. The van der Waals surface area contributed by atoms with Crippen LogP contribution in [-0.2, 0) is 0 Å². The van der Waals surface area contributed by atoms with Crippen LogP contribution in [0, 0.1) is 13.8 Å². The molecule has 0 aliphatic heterocycles. The number of hydrogen-bond acceptors (Lipinski definition) is 2. The molecule has 0 saturated heterocycles. The van der Waals surface area contributed by atoms with Crippen LogP contribution < -0.4 is 0 Å². The van der Waals surface area contributed by atoms with Gasteiger partial charge < -0.3 is 9.52 Å². The van der Waals surface area contributed by atoms with Gasteiger partial charge in [-0.05, 0) is 49.2 Å². The van der Waals surface area contributed by atoms with E-state index in [4.69, 9.17) is 21.1 Å². The number of aromatic carboxylic acids is 1. The van der Waals surface area contributed by atoms with Gasteiger partial charge in [-0.25, -0.2) is 4.79 Å². The van der Waals surface area contributed by atoms with Crippen LogP contribution in [0.2, 0.25) is 5.02 Å². The summed E-state index contributed by atoms with van der Waals surface area (Å²) < 4.78 is 5.26. The van der Waals surface area contributed by atoms with E-state index in [9.17, 15) is 4.79 Å². The topological polar surface area (TPSA) is 50.4 Å². The predicted molar refractivity (Wildman–Crippen MR) is 65.6 cm³/mol. The Morgan fingerprint density at radius 2 is 1.94 bits per heavy atom. The van der Waals surface area contributed by atoms with Crippen LogP contribution in [0.15, 0.2) is 28.7 Å². The number of carboxylic acids is 1. The SMILES string of the molecule is Cc1cc(-c2ccc(C(=O)O)o2)c(C)cc1Cl. The first-order valence-corrected chi connectivity index (χ1v) is 5.47. The zero-order chi connectivity index (χ0) is 12.6. The average molecular weight is 251 g/mol. The van der Waals surface area contributed by atoms with Crippen LogP contribution in [0.5, 0.6) is 0 Å². The third-order valence-corrected chi connectivity index (χ3v) is 3.00. The van der Waals surface area contributed by atoms with Gasteiger partial charge in [0.1, 0.15) is 5.76 Å². The summed E-state index contributed by atoms with van der Waals surface area (Å²) in [6, 6.07) is 6.83. The molecule has 0 bridgehead atoms. The minimum Gasteiger partial charge on any atom is -0.475 e. The fraction of sp³-hybridized carbons (Fsp3) is 0.154. The maximum absolute atomic E-state index is 10.7. The number of rotatable bonds is 2. The second-order valence-electron chi connectivity index (χ2n) is 3.89. The molecule has 2 rings (SSSR count). The molecule has 0 atom stereocenters. The molecule has 4 heteroatoms. The highest BCUT2D eigenvalue weighted by Gasteiger charge is 2.13. The Morgan fingerprint density at radius 3 is 2.53 bits per heavy atom. The quantitative estimate of drug-likeness (QED) is 0.879. The summed E-state index contributed by atoms with van der Waals surface area (Å²) in [7, 11) is 0. The lowest BCUT2D eigenvalue weighted by Crippen LogP contribution is -1.91. The number of furan rings is 1. The third kappa shape index (κ3) is 2.19. The molecule has 3 nitrogen and oxygen atoms in total. The molecule has 2 aromatic rings. The summed E-state index contributed by atoms with van der Waals surface area (Å²) in [4.78, 5) is 10.7. The molecule has 1 N–H and O–H groups in total. The summed E-state index contributed by atoms with van der Waals surface area (Å²) in [5.74, 6) is -0.591. The van der Waals surface area contributed by atoms with Crippen molar-refractivity contribution in [1.82, 2.24) is 0 Å². The van der Waals surface area contributed by atoms with Crippen molar-refractivity contribution in [2.45, 2.75) is 13.8 Å². The van der Waals surface area contributed by atoms with Crippen molar-refractivity contribution in [2.75, 3.05) is 0 Å². The summed E-state index contributed by atoms with van der Waals surface area (Å²) in [6.45, 7) is 3.80. The van der Waals surface area contributed by atoms with E-state index in [0.717, 1.165) is 16.7 Å². The zero-order valence-electron chi connectivity index (χ0n) is 9.45. The molecule has 0 aliphatic rings. The van der Waals surface area contributed by atoms with Gasteiger partial charge in [0.05, 0.1) is 0 Å². The molecule has 0 aliphatic carbocycles. The molecule has 88 valence electrons. The Bertz CT molecular complexity index is 584. The van der Waals surface area contributed by atoms with Crippen LogP contribution in [0.25, 0.3) is 11.3 Å².